The van der Waals surface area contributed by atoms with E-state index in [1.54, 1.807) is 13.8 Å². The molecule has 0 aromatic rings. The van der Waals surface area contributed by atoms with Crippen molar-refractivity contribution in [2.45, 2.75) is 24.4 Å². The lowest BCUT2D eigenvalue weighted by atomic mass is 10.6. The van der Waals surface area contributed by atoms with E-state index >= 15 is 0 Å². The van der Waals surface area contributed by atoms with Crippen molar-refractivity contribution in [2.24, 2.45) is 0 Å². The van der Waals surface area contributed by atoms with Crippen molar-refractivity contribution in [1.29, 1.82) is 5.26 Å². The number of rotatable bonds is 2. The number of thioether (sulfide) groups is 1. The van der Waals surface area contributed by atoms with Gasteiger partial charge in [0, 0.05) is 5.25 Å². The van der Waals surface area contributed by atoms with Crippen molar-refractivity contribution in [2.75, 3.05) is 0 Å². The van der Waals surface area contributed by atoms with Crippen LogP contribution in [0.25, 0.3) is 0 Å². The van der Waals surface area contributed by atoms with Gasteiger partial charge in [0.15, 0.2) is 6.07 Å². The lowest BCUT2D eigenvalue weighted by Gasteiger charge is -2.07. The van der Waals surface area contributed by atoms with Crippen LogP contribution in [0.1, 0.15) is 13.8 Å². The van der Waals surface area contributed by atoms with Gasteiger partial charge in [-0.1, -0.05) is 25.6 Å². The predicted octanol–water partition coefficient (Wildman–Crippen LogP) is 2.24. The molecule has 0 saturated carbocycles. The van der Waals surface area contributed by atoms with E-state index in [1.165, 1.54) is 0 Å². The second kappa shape index (κ2) is 3.02. The average molecular weight is 151 g/mol. The van der Waals surface area contributed by atoms with Gasteiger partial charge in [-0.25, -0.2) is 0 Å². The van der Waals surface area contributed by atoms with Gasteiger partial charge in [-0.3, -0.25) is 0 Å². The molecule has 1 nitrogen and oxygen atoms in total. The summed E-state index contributed by atoms with van der Waals surface area (Å²) in [6, 6.07) is 0.902. The molecule has 4 heteroatoms. The van der Waals surface area contributed by atoms with Crippen molar-refractivity contribution < 1.29 is 8.78 Å². The molecule has 9 heavy (non-hydrogen) atoms. The van der Waals surface area contributed by atoms with Crippen LogP contribution >= 0.6 is 11.8 Å². The molecule has 0 saturated heterocycles. The van der Waals surface area contributed by atoms with Gasteiger partial charge in [0.05, 0.1) is 0 Å². The third kappa shape index (κ3) is 4.22. The number of halogens is 2. The molecule has 0 spiro atoms. The summed E-state index contributed by atoms with van der Waals surface area (Å²) in [6.45, 7) is 3.24. The third-order valence-electron chi connectivity index (χ3n) is 0.514. The average Bonchev–Trinajstić information content (AvgIpc) is 1.63. The van der Waals surface area contributed by atoms with Crippen LogP contribution in [0, 0.1) is 11.3 Å². The van der Waals surface area contributed by atoms with Crippen LogP contribution in [0.2, 0.25) is 0 Å². The normalized spacial score (nSPS) is 11.6. The fraction of sp³-hybridized carbons (Fsp3) is 0.800. The highest BCUT2D eigenvalue weighted by molar-refractivity contribution is 8.01. The van der Waals surface area contributed by atoms with Gasteiger partial charge in [-0.2, -0.15) is 14.0 Å². The number of alkyl halides is 2. The van der Waals surface area contributed by atoms with E-state index in [-0.39, 0.29) is 5.25 Å². The Labute approximate surface area is 57.0 Å². The number of nitrogens with zero attached hydrogens (tertiary/aromatic N) is 1. The van der Waals surface area contributed by atoms with Gasteiger partial charge in [-0.15, -0.1) is 0 Å². The van der Waals surface area contributed by atoms with E-state index in [0.29, 0.717) is 11.8 Å². The van der Waals surface area contributed by atoms with E-state index in [1.807, 2.05) is 0 Å². The van der Waals surface area contributed by atoms with Crippen LogP contribution in [-0.2, 0) is 0 Å². The van der Waals surface area contributed by atoms with Crippen LogP contribution in [0.3, 0.4) is 0 Å². The predicted molar refractivity (Wildman–Crippen MR) is 33.3 cm³/mol. The molecule has 52 valence electrons. The number of hydrogen-bond acceptors (Lipinski definition) is 2. The minimum Gasteiger partial charge on any atom is -0.191 e. The summed E-state index contributed by atoms with van der Waals surface area (Å²) in [5.74, 6) is 0. The van der Waals surface area contributed by atoms with Gasteiger partial charge >= 0.3 is 5.25 Å². The molecule has 0 heterocycles. The summed E-state index contributed by atoms with van der Waals surface area (Å²) in [4.78, 5) is 0. The van der Waals surface area contributed by atoms with Gasteiger partial charge in [0.2, 0.25) is 0 Å². The molecular formula is C5H7F2NS. The van der Waals surface area contributed by atoms with Crippen molar-refractivity contribution in [3.63, 3.8) is 0 Å². The summed E-state index contributed by atoms with van der Waals surface area (Å²) < 4.78 is 24.0. The maximum Gasteiger partial charge on any atom is 0.380 e. The molecule has 0 aliphatic heterocycles. The molecule has 0 amide bonds. The van der Waals surface area contributed by atoms with Crippen molar-refractivity contribution in [1.82, 2.24) is 0 Å². The molecule has 0 aromatic heterocycles. The van der Waals surface area contributed by atoms with Crippen molar-refractivity contribution >= 4 is 11.8 Å². The van der Waals surface area contributed by atoms with Crippen LogP contribution in [0.15, 0.2) is 0 Å². The summed E-state index contributed by atoms with van der Waals surface area (Å²) in [5.41, 5.74) is 0. The number of nitriles is 1. The largest absolute Gasteiger partial charge is 0.380 e. The Morgan fingerprint density at radius 1 is 1.56 bits per heavy atom. The summed E-state index contributed by atoms with van der Waals surface area (Å²) >= 11 is 0.362. The first-order valence-corrected chi connectivity index (χ1v) is 3.33. The zero-order valence-electron chi connectivity index (χ0n) is 5.19. The monoisotopic (exact) mass is 151 g/mol. The second-order valence-electron chi connectivity index (χ2n) is 1.80. The Morgan fingerprint density at radius 2 is 2.00 bits per heavy atom. The topological polar surface area (TPSA) is 23.8 Å². The Bertz CT molecular complexity index is 127. The number of hydrogen-bond donors (Lipinski definition) is 0. The van der Waals surface area contributed by atoms with Gasteiger partial charge in [0.25, 0.3) is 0 Å². The zero-order valence-corrected chi connectivity index (χ0v) is 6.01. The molecule has 0 radical (unpaired) electrons. The maximum absolute atomic E-state index is 12.0. The minimum atomic E-state index is -3.21. The molecular weight excluding hydrogens is 144 g/mol. The Balaban J connectivity index is 3.76. The zero-order chi connectivity index (χ0) is 7.49. The molecule has 0 fully saturated rings. The fourth-order valence-electron chi connectivity index (χ4n) is 0.322. The van der Waals surface area contributed by atoms with E-state index in [0.717, 1.165) is 6.07 Å². The highest BCUT2D eigenvalue weighted by Gasteiger charge is 2.29. The first kappa shape index (κ1) is 8.70. The molecule has 0 atom stereocenters. The molecule has 0 aliphatic rings. The first-order chi connectivity index (χ1) is 3.98. The van der Waals surface area contributed by atoms with Crippen LogP contribution in [0.4, 0.5) is 8.78 Å². The standard InChI is InChI=1S/C5H7F2NS/c1-4(2)9-5(6,7)3-8/h4H,1-2H3. The minimum absolute atomic E-state index is 0.209. The van der Waals surface area contributed by atoms with E-state index in [9.17, 15) is 8.78 Å². The lowest BCUT2D eigenvalue weighted by Crippen LogP contribution is -2.09. The summed E-state index contributed by atoms with van der Waals surface area (Å²) in [6.07, 6.45) is 0. The van der Waals surface area contributed by atoms with Crippen molar-refractivity contribution in [3.8, 4) is 6.07 Å². The van der Waals surface area contributed by atoms with Gasteiger partial charge in [-0.05, 0) is 0 Å². The summed E-state index contributed by atoms with van der Waals surface area (Å²) in [7, 11) is 0. The molecule has 0 bridgehead atoms. The van der Waals surface area contributed by atoms with Gasteiger partial charge < -0.3 is 0 Å². The lowest BCUT2D eigenvalue weighted by molar-refractivity contribution is 0.170. The molecule has 0 rings (SSSR count). The van der Waals surface area contributed by atoms with Crippen LogP contribution in [-0.4, -0.2) is 10.5 Å². The Hall–Kier alpha value is -0.300. The summed E-state index contributed by atoms with van der Waals surface area (Å²) in [5, 5.41) is 4.40. The highest BCUT2D eigenvalue weighted by atomic mass is 32.2. The van der Waals surface area contributed by atoms with Crippen LogP contribution < -0.4 is 0 Å². The second-order valence-corrected chi connectivity index (χ2v) is 3.49. The Kier molecular flexibility index (Phi) is 2.92. The first-order valence-electron chi connectivity index (χ1n) is 2.45. The van der Waals surface area contributed by atoms with Gasteiger partial charge in [0.1, 0.15) is 0 Å². The van der Waals surface area contributed by atoms with E-state index in [4.69, 9.17) is 5.26 Å². The smallest absolute Gasteiger partial charge is 0.191 e. The third-order valence-corrected chi connectivity index (χ3v) is 1.37. The van der Waals surface area contributed by atoms with E-state index < -0.39 is 5.25 Å². The highest BCUT2D eigenvalue weighted by Crippen LogP contribution is 2.31. The molecule has 0 unspecified atom stereocenters. The quantitative estimate of drug-likeness (QED) is 0.604. The van der Waals surface area contributed by atoms with Crippen LogP contribution in [0.5, 0.6) is 0 Å². The molecule has 0 aliphatic carbocycles. The molecule has 0 aromatic carbocycles. The molecule has 0 N–H and O–H groups in total. The SMILES string of the molecule is CC(C)SC(F)(F)C#N. The maximum atomic E-state index is 12.0. The van der Waals surface area contributed by atoms with Crippen molar-refractivity contribution in [3.05, 3.63) is 0 Å². The fourth-order valence-corrected chi connectivity index (χ4v) is 0.967. The van der Waals surface area contributed by atoms with E-state index in [2.05, 4.69) is 0 Å². The Morgan fingerprint density at radius 3 is 2.11 bits per heavy atom.